The fourth-order valence-corrected chi connectivity index (χ4v) is 0.894. The summed E-state index contributed by atoms with van der Waals surface area (Å²) in [5.74, 6) is 4.72. The third-order valence-electron chi connectivity index (χ3n) is 1.88. The minimum absolute atomic E-state index is 0.000117. The molecule has 0 radical (unpaired) electrons. The van der Waals surface area contributed by atoms with E-state index in [-0.39, 0.29) is 11.8 Å². The molecule has 0 aromatic rings. The molecule has 6 heteroatoms. The average Bonchev–Trinajstić information content (AvgIpc) is 2.22. The van der Waals surface area contributed by atoms with Crippen molar-refractivity contribution in [2.45, 2.75) is 12.8 Å². The smallest absolute Gasteiger partial charge is 0.235 e. The summed E-state index contributed by atoms with van der Waals surface area (Å²) in [6.07, 6.45) is 0.790. The highest BCUT2D eigenvalue weighted by molar-refractivity contribution is 5.76. The van der Waals surface area contributed by atoms with Crippen LogP contribution >= 0.6 is 0 Å². The lowest BCUT2D eigenvalue weighted by Gasteiger charge is -2.14. The second-order valence-corrected chi connectivity index (χ2v) is 3.04. The second kappa shape index (κ2) is 7.28. The summed E-state index contributed by atoms with van der Waals surface area (Å²) < 4.78 is 0. The largest absolute Gasteiger partial charge is 0.359 e. The number of amides is 2. The standard InChI is InChI=1S/C8H18N4O2/c1-10-7(13)3-5-12(2)6-4-8(14)11-9/h3-6,9H2,1-2H3,(H,10,13)(H,11,14). The van der Waals surface area contributed by atoms with Crippen LogP contribution in [0.2, 0.25) is 0 Å². The maximum absolute atomic E-state index is 10.9. The zero-order chi connectivity index (χ0) is 11.0. The van der Waals surface area contributed by atoms with Crippen LogP contribution in [0, 0.1) is 0 Å². The van der Waals surface area contributed by atoms with Gasteiger partial charge in [-0.2, -0.15) is 0 Å². The Morgan fingerprint density at radius 1 is 1.21 bits per heavy atom. The van der Waals surface area contributed by atoms with E-state index in [1.807, 2.05) is 11.9 Å². The van der Waals surface area contributed by atoms with Gasteiger partial charge in [-0.25, -0.2) is 5.84 Å². The van der Waals surface area contributed by atoms with Gasteiger partial charge in [-0.05, 0) is 7.05 Å². The Kier molecular flexibility index (Phi) is 6.69. The van der Waals surface area contributed by atoms with E-state index in [0.29, 0.717) is 25.9 Å². The van der Waals surface area contributed by atoms with Crippen LogP contribution in [0.4, 0.5) is 0 Å². The first-order valence-electron chi connectivity index (χ1n) is 4.48. The van der Waals surface area contributed by atoms with Crippen molar-refractivity contribution in [2.75, 3.05) is 27.2 Å². The normalized spacial score (nSPS) is 10.0. The summed E-state index contributed by atoms with van der Waals surface area (Å²) in [4.78, 5) is 23.5. The fourth-order valence-electron chi connectivity index (χ4n) is 0.894. The molecule has 0 aromatic heterocycles. The molecule has 0 aliphatic heterocycles. The van der Waals surface area contributed by atoms with Crippen molar-refractivity contribution >= 4 is 11.8 Å². The van der Waals surface area contributed by atoms with E-state index >= 15 is 0 Å². The highest BCUT2D eigenvalue weighted by atomic mass is 16.2. The lowest BCUT2D eigenvalue weighted by atomic mass is 10.3. The number of hydrogen-bond donors (Lipinski definition) is 3. The van der Waals surface area contributed by atoms with E-state index in [4.69, 9.17) is 5.84 Å². The molecule has 82 valence electrons. The van der Waals surface area contributed by atoms with Crippen LogP contribution < -0.4 is 16.6 Å². The van der Waals surface area contributed by atoms with E-state index < -0.39 is 0 Å². The molecule has 0 heterocycles. The van der Waals surface area contributed by atoms with Gasteiger partial charge in [-0.1, -0.05) is 0 Å². The summed E-state index contributed by atoms with van der Waals surface area (Å²) in [6, 6.07) is 0. The van der Waals surface area contributed by atoms with E-state index in [1.54, 1.807) is 7.05 Å². The molecule has 0 unspecified atom stereocenters. The molecule has 0 atom stereocenters. The van der Waals surface area contributed by atoms with Crippen molar-refractivity contribution in [3.63, 3.8) is 0 Å². The Morgan fingerprint density at radius 2 is 1.71 bits per heavy atom. The molecular formula is C8H18N4O2. The summed E-state index contributed by atoms with van der Waals surface area (Å²) in [5, 5.41) is 2.53. The predicted octanol–water partition coefficient (Wildman–Crippen LogP) is -1.57. The number of nitrogens with two attached hydrogens (primary N) is 1. The van der Waals surface area contributed by atoms with Crippen LogP contribution in [0.5, 0.6) is 0 Å². The first-order valence-corrected chi connectivity index (χ1v) is 4.48. The quantitative estimate of drug-likeness (QED) is 0.276. The summed E-state index contributed by atoms with van der Waals surface area (Å²) in [6.45, 7) is 1.23. The van der Waals surface area contributed by atoms with Crippen molar-refractivity contribution in [2.24, 2.45) is 5.84 Å². The maximum Gasteiger partial charge on any atom is 0.235 e. The average molecular weight is 202 g/mol. The topological polar surface area (TPSA) is 87.5 Å². The van der Waals surface area contributed by atoms with Gasteiger partial charge in [0.05, 0.1) is 0 Å². The zero-order valence-electron chi connectivity index (χ0n) is 8.67. The van der Waals surface area contributed by atoms with Gasteiger partial charge in [-0.15, -0.1) is 0 Å². The first-order chi connectivity index (χ1) is 6.60. The van der Waals surface area contributed by atoms with Crippen LogP contribution in [0.25, 0.3) is 0 Å². The summed E-state index contributed by atoms with van der Waals surface area (Å²) in [5.41, 5.74) is 2.05. The molecular weight excluding hydrogens is 184 g/mol. The van der Waals surface area contributed by atoms with E-state index in [1.165, 1.54) is 0 Å². The van der Waals surface area contributed by atoms with Gasteiger partial charge in [0.2, 0.25) is 11.8 Å². The fraction of sp³-hybridized carbons (Fsp3) is 0.750. The summed E-state index contributed by atoms with van der Waals surface area (Å²) >= 11 is 0. The highest BCUT2D eigenvalue weighted by Gasteiger charge is 2.04. The van der Waals surface area contributed by atoms with Crippen molar-refractivity contribution in [1.29, 1.82) is 0 Å². The van der Waals surface area contributed by atoms with Gasteiger partial charge in [0.25, 0.3) is 0 Å². The molecule has 0 aliphatic rings. The maximum atomic E-state index is 10.9. The lowest BCUT2D eigenvalue weighted by Crippen LogP contribution is -2.34. The Morgan fingerprint density at radius 3 is 2.14 bits per heavy atom. The van der Waals surface area contributed by atoms with Gasteiger partial charge in [0, 0.05) is 33.0 Å². The number of hydrogen-bond acceptors (Lipinski definition) is 4. The van der Waals surface area contributed by atoms with Crippen molar-refractivity contribution in [3.05, 3.63) is 0 Å². The highest BCUT2D eigenvalue weighted by Crippen LogP contribution is 1.90. The van der Waals surface area contributed by atoms with Crippen LogP contribution in [0.15, 0.2) is 0 Å². The molecule has 14 heavy (non-hydrogen) atoms. The van der Waals surface area contributed by atoms with E-state index in [9.17, 15) is 9.59 Å². The lowest BCUT2D eigenvalue weighted by molar-refractivity contribution is -0.121. The molecule has 0 aliphatic carbocycles. The minimum atomic E-state index is -0.197. The van der Waals surface area contributed by atoms with Gasteiger partial charge >= 0.3 is 0 Å². The minimum Gasteiger partial charge on any atom is -0.359 e. The predicted molar refractivity (Wildman–Crippen MR) is 53.1 cm³/mol. The Bertz CT molecular complexity index is 176. The second-order valence-electron chi connectivity index (χ2n) is 3.04. The number of carbonyl (C=O) groups is 2. The van der Waals surface area contributed by atoms with Crippen molar-refractivity contribution in [3.8, 4) is 0 Å². The molecule has 0 rings (SSSR count). The molecule has 0 saturated carbocycles. The number of carbonyl (C=O) groups excluding carboxylic acids is 2. The Balaban J connectivity index is 3.50. The molecule has 0 fully saturated rings. The molecule has 6 nitrogen and oxygen atoms in total. The van der Waals surface area contributed by atoms with Gasteiger partial charge in [0.1, 0.15) is 0 Å². The Hall–Kier alpha value is -1.14. The van der Waals surface area contributed by atoms with Crippen LogP contribution in [-0.4, -0.2) is 43.9 Å². The van der Waals surface area contributed by atoms with E-state index in [2.05, 4.69) is 10.7 Å². The van der Waals surface area contributed by atoms with E-state index in [0.717, 1.165) is 0 Å². The number of nitrogens with zero attached hydrogens (tertiary/aromatic N) is 1. The zero-order valence-corrected chi connectivity index (χ0v) is 8.67. The summed E-state index contributed by atoms with van der Waals surface area (Å²) in [7, 11) is 3.46. The molecule has 0 bridgehead atoms. The van der Waals surface area contributed by atoms with Gasteiger partial charge < -0.3 is 10.2 Å². The van der Waals surface area contributed by atoms with Crippen molar-refractivity contribution < 1.29 is 9.59 Å². The van der Waals surface area contributed by atoms with Gasteiger partial charge in [0.15, 0.2) is 0 Å². The van der Waals surface area contributed by atoms with Crippen LogP contribution in [0.1, 0.15) is 12.8 Å². The molecule has 0 spiro atoms. The van der Waals surface area contributed by atoms with Crippen molar-refractivity contribution in [1.82, 2.24) is 15.6 Å². The molecule has 2 amide bonds. The number of nitrogens with one attached hydrogen (secondary N) is 2. The first kappa shape index (κ1) is 12.9. The number of rotatable bonds is 6. The Labute approximate surface area is 83.8 Å². The van der Waals surface area contributed by atoms with Crippen LogP contribution in [0.3, 0.4) is 0 Å². The third kappa shape index (κ3) is 6.38. The molecule has 0 saturated heterocycles. The number of hydrazine groups is 1. The van der Waals surface area contributed by atoms with Crippen LogP contribution in [-0.2, 0) is 9.59 Å². The van der Waals surface area contributed by atoms with Gasteiger partial charge in [-0.3, -0.25) is 15.0 Å². The molecule has 0 aromatic carbocycles. The SMILES string of the molecule is CNC(=O)CCN(C)CCC(=O)NN. The molecule has 4 N–H and O–H groups in total. The third-order valence-corrected chi connectivity index (χ3v) is 1.88. The monoisotopic (exact) mass is 202 g/mol.